The predicted octanol–water partition coefficient (Wildman–Crippen LogP) is 2.54. The predicted molar refractivity (Wildman–Crippen MR) is 92.4 cm³/mol. The molecule has 150 valence electrons. The van der Waals surface area contributed by atoms with Gasteiger partial charge in [0.2, 0.25) is 0 Å². The number of aromatic nitrogens is 1. The van der Waals surface area contributed by atoms with E-state index in [1.807, 2.05) is 0 Å². The third-order valence-electron chi connectivity index (χ3n) is 5.14. The van der Waals surface area contributed by atoms with Gasteiger partial charge in [0.15, 0.2) is 0 Å². The zero-order valence-electron chi connectivity index (χ0n) is 14.8. The maximum Gasteiger partial charge on any atom is 0.319 e. The molecular weight excluding hydrogens is 377 g/mol. The second kappa shape index (κ2) is 7.67. The van der Waals surface area contributed by atoms with Gasteiger partial charge in [-0.15, -0.1) is 0 Å². The van der Waals surface area contributed by atoms with Crippen molar-refractivity contribution in [1.82, 2.24) is 9.47 Å². The van der Waals surface area contributed by atoms with Gasteiger partial charge in [0, 0.05) is 19.3 Å². The number of hydrogen-bond donors (Lipinski definition) is 2. The summed E-state index contributed by atoms with van der Waals surface area (Å²) < 4.78 is 39.8. The number of likely N-dealkylation sites (tertiary alicyclic amines) is 1. The number of aliphatic hydroxyl groups is 1. The number of carboxylic acid groups (broad SMARTS) is 1. The molecular formula is C19H19F3N2O4. The van der Waals surface area contributed by atoms with E-state index in [1.54, 1.807) is 0 Å². The summed E-state index contributed by atoms with van der Waals surface area (Å²) in [4.78, 5) is 26.0. The molecule has 2 heterocycles. The van der Waals surface area contributed by atoms with Gasteiger partial charge in [-0.1, -0.05) is 12.1 Å². The van der Waals surface area contributed by atoms with Gasteiger partial charge in [0.05, 0.1) is 6.10 Å². The van der Waals surface area contributed by atoms with Crippen LogP contribution in [0.4, 0.5) is 13.2 Å². The molecule has 9 heteroatoms. The van der Waals surface area contributed by atoms with Gasteiger partial charge in [-0.05, 0) is 42.7 Å². The van der Waals surface area contributed by atoms with Gasteiger partial charge in [0.1, 0.15) is 16.9 Å². The number of nitrogens with zero attached hydrogens (tertiary/aromatic N) is 2. The Bertz CT molecular complexity index is 868. The van der Waals surface area contributed by atoms with Crippen molar-refractivity contribution in [2.24, 2.45) is 5.41 Å². The Morgan fingerprint density at radius 2 is 1.89 bits per heavy atom. The van der Waals surface area contributed by atoms with Gasteiger partial charge in [-0.25, -0.2) is 4.39 Å². The minimum Gasteiger partial charge on any atom is -0.481 e. The molecule has 6 nitrogen and oxygen atoms in total. The average Bonchev–Trinajstić information content (AvgIpc) is 3.14. The van der Waals surface area contributed by atoms with E-state index in [9.17, 15) is 33.0 Å². The summed E-state index contributed by atoms with van der Waals surface area (Å²) in [6.07, 6.45) is -0.335. The summed E-state index contributed by atoms with van der Waals surface area (Å²) in [6, 6.07) is 7.73. The number of amides is 1. The number of carbonyl (C=O) groups excluding carboxylic acids is 1. The lowest BCUT2D eigenvalue weighted by Crippen LogP contribution is -2.58. The Hall–Kier alpha value is -2.81. The van der Waals surface area contributed by atoms with Gasteiger partial charge >= 0.3 is 12.5 Å². The molecule has 1 aliphatic heterocycles. The van der Waals surface area contributed by atoms with Crippen molar-refractivity contribution in [1.29, 1.82) is 0 Å². The lowest BCUT2D eigenvalue weighted by atomic mass is 9.72. The molecule has 3 rings (SSSR count). The van der Waals surface area contributed by atoms with Gasteiger partial charge in [0.25, 0.3) is 5.91 Å². The molecule has 0 bridgehead atoms. The topological polar surface area (TPSA) is 82.8 Å². The minimum atomic E-state index is -2.91. The van der Waals surface area contributed by atoms with Crippen LogP contribution in [-0.4, -0.2) is 50.8 Å². The monoisotopic (exact) mass is 396 g/mol. The molecule has 2 atom stereocenters. The van der Waals surface area contributed by atoms with E-state index in [2.05, 4.69) is 0 Å². The molecule has 0 aliphatic carbocycles. The summed E-state index contributed by atoms with van der Waals surface area (Å²) in [6.45, 7) is -3.23. The Morgan fingerprint density at radius 3 is 2.50 bits per heavy atom. The van der Waals surface area contributed by atoms with Crippen LogP contribution >= 0.6 is 0 Å². The van der Waals surface area contributed by atoms with Crippen molar-refractivity contribution in [3.8, 4) is 0 Å². The molecule has 0 spiro atoms. The molecule has 1 aromatic heterocycles. The highest BCUT2D eigenvalue weighted by atomic mass is 19.3. The van der Waals surface area contributed by atoms with Crippen LogP contribution in [-0.2, 0) is 11.2 Å². The second-order valence-corrected chi connectivity index (χ2v) is 6.87. The summed E-state index contributed by atoms with van der Waals surface area (Å²) in [7, 11) is 0. The first-order valence-corrected chi connectivity index (χ1v) is 8.65. The van der Waals surface area contributed by atoms with Crippen LogP contribution in [0.5, 0.6) is 0 Å². The fourth-order valence-electron chi connectivity index (χ4n) is 3.59. The summed E-state index contributed by atoms with van der Waals surface area (Å²) in [5, 5.41) is 20.3. The van der Waals surface area contributed by atoms with Crippen molar-refractivity contribution in [2.45, 2.75) is 25.5 Å². The number of rotatable bonds is 5. The van der Waals surface area contributed by atoms with Crippen LogP contribution in [0.15, 0.2) is 42.6 Å². The summed E-state index contributed by atoms with van der Waals surface area (Å²) in [5.41, 5.74) is -1.51. The van der Waals surface area contributed by atoms with Crippen molar-refractivity contribution in [2.75, 3.05) is 13.1 Å². The molecule has 0 radical (unpaired) electrons. The number of carboxylic acids is 1. The zero-order valence-corrected chi connectivity index (χ0v) is 14.8. The first kappa shape index (κ1) is 19.9. The minimum absolute atomic E-state index is 0.0192. The number of alkyl halides is 2. The normalized spacial score (nSPS) is 22.5. The summed E-state index contributed by atoms with van der Waals surface area (Å²) in [5.74, 6) is -2.53. The molecule has 0 saturated carbocycles. The number of aliphatic carboxylic acids is 1. The molecule has 1 amide bonds. The van der Waals surface area contributed by atoms with E-state index >= 15 is 0 Å². The fourth-order valence-corrected chi connectivity index (χ4v) is 3.59. The SMILES string of the molecule is O=C(c1cccn1C(F)F)N1CC[C@H](O)[C@](Cc2ccc(F)cc2)(C(=O)O)C1. The van der Waals surface area contributed by atoms with E-state index in [0.717, 1.165) is 6.20 Å². The number of carbonyl (C=O) groups is 2. The van der Waals surface area contributed by atoms with E-state index in [0.29, 0.717) is 10.1 Å². The van der Waals surface area contributed by atoms with E-state index in [1.165, 1.54) is 41.3 Å². The van der Waals surface area contributed by atoms with Crippen molar-refractivity contribution >= 4 is 11.9 Å². The number of benzene rings is 1. The van der Waals surface area contributed by atoms with Crippen LogP contribution in [0.2, 0.25) is 0 Å². The highest BCUT2D eigenvalue weighted by Crippen LogP contribution is 2.35. The molecule has 0 unspecified atom stereocenters. The number of aliphatic hydroxyl groups excluding tert-OH is 1. The highest BCUT2D eigenvalue weighted by molar-refractivity contribution is 5.93. The van der Waals surface area contributed by atoms with Crippen molar-refractivity contribution in [3.05, 3.63) is 59.7 Å². The lowest BCUT2D eigenvalue weighted by Gasteiger charge is -2.43. The fraction of sp³-hybridized carbons (Fsp3) is 0.368. The van der Waals surface area contributed by atoms with Crippen LogP contribution in [0.1, 0.15) is 29.0 Å². The molecule has 1 aliphatic rings. The number of halogens is 3. The quantitative estimate of drug-likeness (QED) is 0.814. The second-order valence-electron chi connectivity index (χ2n) is 6.87. The summed E-state index contributed by atoms with van der Waals surface area (Å²) >= 11 is 0. The van der Waals surface area contributed by atoms with Crippen molar-refractivity contribution < 1.29 is 33.0 Å². The van der Waals surface area contributed by atoms with Crippen LogP contribution in [0.3, 0.4) is 0 Å². The molecule has 28 heavy (non-hydrogen) atoms. The Morgan fingerprint density at radius 1 is 1.21 bits per heavy atom. The first-order valence-electron chi connectivity index (χ1n) is 8.65. The van der Waals surface area contributed by atoms with Crippen LogP contribution in [0.25, 0.3) is 0 Å². The highest BCUT2D eigenvalue weighted by Gasteiger charge is 2.50. The third-order valence-corrected chi connectivity index (χ3v) is 5.14. The van der Waals surface area contributed by atoms with Crippen LogP contribution in [0, 0.1) is 11.2 Å². The van der Waals surface area contributed by atoms with Crippen molar-refractivity contribution in [3.63, 3.8) is 0 Å². The Balaban J connectivity index is 1.90. The van der Waals surface area contributed by atoms with Gasteiger partial charge in [-0.2, -0.15) is 8.78 Å². The maximum absolute atomic E-state index is 13.1. The smallest absolute Gasteiger partial charge is 0.319 e. The zero-order chi connectivity index (χ0) is 20.5. The lowest BCUT2D eigenvalue weighted by molar-refractivity contribution is -0.161. The van der Waals surface area contributed by atoms with Gasteiger partial charge < -0.3 is 15.1 Å². The first-order chi connectivity index (χ1) is 13.2. The Kier molecular flexibility index (Phi) is 5.46. The molecule has 1 saturated heterocycles. The largest absolute Gasteiger partial charge is 0.481 e. The molecule has 2 N–H and O–H groups in total. The van der Waals surface area contributed by atoms with Gasteiger partial charge in [-0.3, -0.25) is 14.2 Å². The van der Waals surface area contributed by atoms with Crippen LogP contribution < -0.4 is 0 Å². The van der Waals surface area contributed by atoms with E-state index in [4.69, 9.17) is 0 Å². The Labute approximate surface area is 158 Å². The number of hydrogen-bond acceptors (Lipinski definition) is 3. The third kappa shape index (κ3) is 3.62. The maximum atomic E-state index is 13.1. The van der Waals surface area contributed by atoms with E-state index < -0.39 is 35.8 Å². The molecule has 1 fully saturated rings. The average molecular weight is 396 g/mol. The molecule has 1 aromatic carbocycles. The van der Waals surface area contributed by atoms with E-state index in [-0.39, 0.29) is 31.6 Å². The number of piperidine rings is 1. The standard InChI is InChI=1S/C19H19F3N2O4/c20-13-5-3-12(4-6-13)10-19(17(27)28)11-23(9-7-15(19)25)16(26)14-2-1-8-24(14)18(21)22/h1-6,8,15,18,25H,7,9-11H2,(H,27,28)/t15-,19+/m0/s1. The molecule has 2 aromatic rings.